The highest BCUT2D eigenvalue weighted by atomic mass is 35.5. The van der Waals surface area contributed by atoms with Crippen molar-refractivity contribution in [2.45, 2.75) is 38.1 Å². The van der Waals surface area contributed by atoms with E-state index < -0.39 is 0 Å². The van der Waals surface area contributed by atoms with Crippen molar-refractivity contribution in [3.05, 3.63) is 33.8 Å². The van der Waals surface area contributed by atoms with Gasteiger partial charge in [-0.15, -0.1) is 24.8 Å². The molecule has 0 bridgehead atoms. The number of benzene rings is 1. The first-order valence-corrected chi connectivity index (χ1v) is 8.90. The lowest BCUT2D eigenvalue weighted by Gasteiger charge is -2.41. The number of nitrogens with one attached hydrogen (secondary N) is 1. The topological polar surface area (TPSA) is 15.3 Å². The number of rotatable bonds is 3. The first kappa shape index (κ1) is 21.3. The van der Waals surface area contributed by atoms with Crippen LogP contribution in [0.2, 0.25) is 10.0 Å². The Morgan fingerprint density at radius 2 is 1.48 bits per heavy atom. The molecule has 0 unspecified atom stereocenters. The third-order valence-electron chi connectivity index (χ3n) is 4.87. The van der Waals surface area contributed by atoms with E-state index in [-0.39, 0.29) is 24.8 Å². The zero-order valence-corrected chi connectivity index (χ0v) is 16.4. The van der Waals surface area contributed by atoms with E-state index >= 15 is 0 Å². The Labute approximate surface area is 162 Å². The third-order valence-corrected chi connectivity index (χ3v) is 5.30. The summed E-state index contributed by atoms with van der Waals surface area (Å²) in [6, 6.07) is 6.55. The van der Waals surface area contributed by atoms with E-state index in [9.17, 15) is 0 Å². The molecule has 1 saturated heterocycles. The molecule has 0 spiro atoms. The van der Waals surface area contributed by atoms with Crippen molar-refractivity contribution in [3.63, 3.8) is 0 Å². The molecule has 132 valence electrons. The van der Waals surface area contributed by atoms with Crippen LogP contribution in [-0.2, 0) is 0 Å². The average Bonchev–Trinajstić information content (AvgIpc) is 2.49. The zero-order chi connectivity index (χ0) is 14.7. The van der Waals surface area contributed by atoms with Gasteiger partial charge in [-0.1, -0.05) is 42.5 Å². The van der Waals surface area contributed by atoms with E-state index in [0.29, 0.717) is 6.04 Å². The second kappa shape index (κ2) is 10.3. The molecule has 1 heterocycles. The predicted octanol–water partition coefficient (Wildman–Crippen LogP) is 5.36. The molecule has 1 saturated carbocycles. The van der Waals surface area contributed by atoms with Crippen molar-refractivity contribution in [2.75, 3.05) is 26.2 Å². The highest BCUT2D eigenvalue weighted by Crippen LogP contribution is 2.40. The molecule has 2 aliphatic rings. The van der Waals surface area contributed by atoms with Gasteiger partial charge in [-0.2, -0.15) is 0 Å². The summed E-state index contributed by atoms with van der Waals surface area (Å²) in [5, 5.41) is 4.97. The molecule has 3 rings (SSSR count). The van der Waals surface area contributed by atoms with E-state index in [2.05, 4.69) is 22.3 Å². The summed E-state index contributed by atoms with van der Waals surface area (Å²) in [7, 11) is 0. The van der Waals surface area contributed by atoms with Crippen molar-refractivity contribution in [3.8, 4) is 0 Å². The lowest BCUT2D eigenvalue weighted by atomic mass is 9.80. The van der Waals surface area contributed by atoms with Gasteiger partial charge in [-0.25, -0.2) is 0 Å². The van der Waals surface area contributed by atoms with Gasteiger partial charge in [0.2, 0.25) is 0 Å². The smallest absolute Gasteiger partial charge is 0.0424 e. The number of piperazine rings is 1. The van der Waals surface area contributed by atoms with Crippen molar-refractivity contribution < 1.29 is 0 Å². The van der Waals surface area contributed by atoms with Crippen LogP contribution < -0.4 is 5.32 Å². The van der Waals surface area contributed by atoms with Gasteiger partial charge in [0.25, 0.3) is 0 Å². The Morgan fingerprint density at radius 1 is 0.913 bits per heavy atom. The summed E-state index contributed by atoms with van der Waals surface area (Å²) in [6.07, 6.45) is 6.78. The molecule has 1 aliphatic carbocycles. The third kappa shape index (κ3) is 5.66. The maximum atomic E-state index is 6.26. The normalized spacial score (nSPS) is 21.1. The summed E-state index contributed by atoms with van der Waals surface area (Å²) in [5.74, 6) is 0.742. The monoisotopic (exact) mass is 398 g/mol. The quantitative estimate of drug-likeness (QED) is 0.735. The lowest BCUT2D eigenvalue weighted by Crippen LogP contribution is -2.47. The van der Waals surface area contributed by atoms with E-state index in [4.69, 9.17) is 23.2 Å². The Morgan fingerprint density at radius 3 is 2.04 bits per heavy atom. The fourth-order valence-corrected chi connectivity index (χ4v) is 4.48. The number of hydrogen-bond acceptors (Lipinski definition) is 2. The van der Waals surface area contributed by atoms with Gasteiger partial charge in [0.15, 0.2) is 0 Å². The van der Waals surface area contributed by atoms with Crippen LogP contribution in [0.5, 0.6) is 0 Å². The first-order valence-electron chi connectivity index (χ1n) is 8.15. The molecule has 1 aliphatic heterocycles. The largest absolute Gasteiger partial charge is 0.314 e. The molecule has 1 atom stereocenters. The summed E-state index contributed by atoms with van der Waals surface area (Å²) < 4.78 is 0. The second-order valence-electron chi connectivity index (χ2n) is 6.33. The van der Waals surface area contributed by atoms with Crippen LogP contribution >= 0.6 is 48.0 Å². The predicted molar refractivity (Wildman–Crippen MR) is 105 cm³/mol. The van der Waals surface area contributed by atoms with Crippen LogP contribution in [0.3, 0.4) is 0 Å². The zero-order valence-electron chi connectivity index (χ0n) is 13.3. The van der Waals surface area contributed by atoms with Crippen molar-refractivity contribution in [1.82, 2.24) is 10.2 Å². The van der Waals surface area contributed by atoms with Gasteiger partial charge in [0, 0.05) is 42.3 Å². The molecule has 1 N–H and O–H groups in total. The van der Waals surface area contributed by atoms with E-state index in [1.807, 2.05) is 6.07 Å². The minimum Gasteiger partial charge on any atom is -0.314 e. The van der Waals surface area contributed by atoms with Crippen LogP contribution in [0, 0.1) is 5.92 Å². The Bertz CT molecular complexity index is 433. The Kier molecular flexibility index (Phi) is 9.58. The minimum absolute atomic E-state index is 0. The summed E-state index contributed by atoms with van der Waals surface area (Å²) >= 11 is 12.5. The highest BCUT2D eigenvalue weighted by Gasteiger charge is 2.31. The van der Waals surface area contributed by atoms with Crippen LogP contribution in [-0.4, -0.2) is 31.1 Å². The number of halogens is 4. The average molecular weight is 400 g/mol. The molecular weight excluding hydrogens is 374 g/mol. The fraction of sp³-hybridized carbons (Fsp3) is 0.647. The molecule has 1 aromatic carbocycles. The first-order chi connectivity index (χ1) is 10.2. The van der Waals surface area contributed by atoms with Crippen molar-refractivity contribution >= 4 is 48.0 Å². The van der Waals surface area contributed by atoms with Crippen molar-refractivity contribution in [2.24, 2.45) is 5.92 Å². The summed E-state index contributed by atoms with van der Waals surface area (Å²) in [5.41, 5.74) is 1.31. The Balaban J connectivity index is 0.00000132. The summed E-state index contributed by atoms with van der Waals surface area (Å²) in [4.78, 5) is 2.63. The maximum absolute atomic E-state index is 6.26. The lowest BCUT2D eigenvalue weighted by molar-refractivity contribution is 0.103. The fourth-order valence-electron chi connectivity index (χ4n) is 3.94. The van der Waals surface area contributed by atoms with Gasteiger partial charge in [-0.05, 0) is 42.5 Å². The molecule has 2 nitrogen and oxygen atoms in total. The van der Waals surface area contributed by atoms with Gasteiger partial charge in [0.05, 0.1) is 0 Å². The van der Waals surface area contributed by atoms with Crippen molar-refractivity contribution in [1.29, 1.82) is 0 Å². The van der Waals surface area contributed by atoms with Gasteiger partial charge in [-0.3, -0.25) is 4.90 Å². The van der Waals surface area contributed by atoms with Crippen LogP contribution in [0.4, 0.5) is 0 Å². The van der Waals surface area contributed by atoms with Gasteiger partial charge < -0.3 is 5.32 Å². The summed E-state index contributed by atoms with van der Waals surface area (Å²) in [6.45, 7) is 4.39. The highest BCUT2D eigenvalue weighted by molar-refractivity contribution is 6.34. The van der Waals surface area contributed by atoms with E-state index in [1.54, 1.807) is 0 Å². The maximum Gasteiger partial charge on any atom is 0.0424 e. The van der Waals surface area contributed by atoms with Crippen LogP contribution in [0.15, 0.2) is 18.2 Å². The van der Waals surface area contributed by atoms with Crippen LogP contribution in [0.25, 0.3) is 0 Å². The molecule has 23 heavy (non-hydrogen) atoms. The van der Waals surface area contributed by atoms with E-state index in [1.165, 1.54) is 37.7 Å². The molecule has 0 amide bonds. The molecular formula is C17H26Cl4N2. The molecule has 2 fully saturated rings. The molecule has 1 aromatic rings. The van der Waals surface area contributed by atoms with E-state index in [0.717, 1.165) is 42.1 Å². The number of hydrogen-bond donors (Lipinski definition) is 1. The molecule has 6 heteroatoms. The minimum atomic E-state index is 0. The molecule has 0 aromatic heterocycles. The standard InChI is InChI=1S/C17H24Cl2N2.2ClH/c18-15-10-14(11-16(19)12-15)17(13-4-2-1-3-5-13)21-8-6-20-7-9-21;;/h10-13,17,20H,1-9H2;2*1H/t17-;;/m0../s1. The molecule has 0 radical (unpaired) electrons. The van der Waals surface area contributed by atoms with Crippen LogP contribution in [0.1, 0.15) is 43.7 Å². The Hall–Kier alpha value is 0.300. The SMILES string of the molecule is Cl.Cl.Clc1cc(Cl)cc([C@H](C2CCCCC2)N2CCNCC2)c1. The second-order valence-corrected chi connectivity index (χ2v) is 7.20. The van der Waals surface area contributed by atoms with Gasteiger partial charge >= 0.3 is 0 Å². The van der Waals surface area contributed by atoms with Gasteiger partial charge in [0.1, 0.15) is 0 Å². The number of nitrogens with zero attached hydrogens (tertiary/aromatic N) is 1.